The molecule has 16 heteroatoms. The minimum Gasteiger partial charge on any atom is -0.504 e. The summed E-state index contributed by atoms with van der Waals surface area (Å²) in [5.41, 5.74) is 6.33. The number of halogens is 2. The van der Waals surface area contributed by atoms with Gasteiger partial charge in [0.05, 0.1) is 6.54 Å². The van der Waals surface area contributed by atoms with E-state index in [0.717, 1.165) is 12.1 Å². The monoisotopic (exact) mass is 645 g/mol. The molecule has 0 spiro atoms. The van der Waals surface area contributed by atoms with Gasteiger partial charge in [-0.1, -0.05) is 12.1 Å². The summed E-state index contributed by atoms with van der Waals surface area (Å²) >= 11 is 0. The third kappa shape index (κ3) is 6.80. The molecule has 5 atom stereocenters. The fourth-order valence-electron chi connectivity index (χ4n) is 4.79. The minimum atomic E-state index is -1.71. The first-order valence-corrected chi connectivity index (χ1v) is 14.2. The van der Waals surface area contributed by atoms with Crippen LogP contribution in [0, 0.1) is 17.0 Å². The van der Waals surface area contributed by atoms with E-state index in [-0.39, 0.29) is 29.5 Å². The lowest BCUT2D eigenvalue weighted by Gasteiger charge is -2.39. The number of aliphatic imine (C=N–C) groups is 1. The minimum absolute atomic E-state index is 0.0929. The highest BCUT2D eigenvalue weighted by atomic mass is 19.1. The Kier molecular flexibility index (Phi) is 9.83. The van der Waals surface area contributed by atoms with Crippen molar-refractivity contribution in [2.75, 3.05) is 33.4 Å². The van der Waals surface area contributed by atoms with Crippen molar-refractivity contribution in [3.8, 4) is 34.8 Å². The number of hydrogen-bond acceptors (Lipinski definition) is 13. The van der Waals surface area contributed by atoms with E-state index in [4.69, 9.17) is 34.8 Å². The number of likely N-dealkylation sites (N-methyl/N-ethyl adjacent to an activating group) is 1. The first-order chi connectivity index (χ1) is 22.0. The van der Waals surface area contributed by atoms with Crippen LogP contribution in [0.15, 0.2) is 47.5 Å². The summed E-state index contributed by atoms with van der Waals surface area (Å²) in [5.74, 6) is -5.96. The number of aromatic hydroxyl groups is 1. The maximum atomic E-state index is 15.9. The summed E-state index contributed by atoms with van der Waals surface area (Å²) in [5, 5.41) is 48.9. The lowest BCUT2D eigenvalue weighted by molar-refractivity contribution is -0.298. The topological polar surface area (TPSA) is 205 Å². The maximum absolute atomic E-state index is 15.9. The Labute approximate surface area is 261 Å². The number of hydrogen-bond donors (Lipinski definition) is 6. The summed E-state index contributed by atoms with van der Waals surface area (Å²) in [4.78, 5) is 10.3. The summed E-state index contributed by atoms with van der Waals surface area (Å²) < 4.78 is 59.1. The van der Waals surface area contributed by atoms with Crippen LogP contribution < -0.4 is 19.9 Å². The van der Waals surface area contributed by atoms with Crippen LogP contribution in [0.3, 0.4) is 0 Å². The van der Waals surface area contributed by atoms with E-state index in [9.17, 15) is 20.4 Å². The molecule has 3 heterocycles. The average molecular weight is 646 g/mol. The van der Waals surface area contributed by atoms with E-state index in [2.05, 4.69) is 9.98 Å². The zero-order valence-electron chi connectivity index (χ0n) is 24.8. The number of ether oxygens (including phenoxy) is 5. The molecule has 7 N–H and O–H groups in total. The molecule has 5 unspecified atom stereocenters. The van der Waals surface area contributed by atoms with Crippen LogP contribution in [-0.2, 0) is 9.47 Å². The second-order valence-electron chi connectivity index (χ2n) is 10.4. The molecule has 14 nitrogen and oxygen atoms in total. The third-order valence-electron chi connectivity index (χ3n) is 7.21. The standard InChI is InChI=1S/C30H33F2N5O9/c1-3-42-30-24(41)23(40)22(39)19(46-30)13-43-25-20(31)28(44-16-6-4-5-15(11-16)27-35-9-10-37(27)2)36-29(21(25)32)45-18-12-14(26(33)34)7-8-17(18)38/h4-8,11-12,19,22-24,30,38-41H,3,9-10,13H2,1-2H3,(H3,33,34). The molecule has 2 aliphatic rings. The number of benzene rings is 2. The second-order valence-corrected chi connectivity index (χ2v) is 10.4. The molecule has 2 aliphatic heterocycles. The molecule has 1 aromatic heterocycles. The fraction of sp³-hybridized carbons (Fsp3) is 0.367. The summed E-state index contributed by atoms with van der Waals surface area (Å²) in [6, 6.07) is 10.2. The molecule has 46 heavy (non-hydrogen) atoms. The van der Waals surface area contributed by atoms with E-state index in [1.807, 2.05) is 11.9 Å². The molecular formula is C30H33F2N5O9. The number of nitrogen functional groups attached to an aromatic ring is 1. The van der Waals surface area contributed by atoms with Crippen molar-refractivity contribution in [3.63, 3.8) is 0 Å². The summed E-state index contributed by atoms with van der Waals surface area (Å²) in [6.45, 7) is 2.30. The van der Waals surface area contributed by atoms with E-state index in [1.54, 1.807) is 25.1 Å². The van der Waals surface area contributed by atoms with Gasteiger partial charge in [-0.25, -0.2) is 0 Å². The predicted octanol–water partition coefficient (Wildman–Crippen LogP) is 1.85. The Bertz CT molecular complexity index is 1630. The van der Waals surface area contributed by atoms with Gasteiger partial charge in [-0.3, -0.25) is 10.4 Å². The first-order valence-electron chi connectivity index (χ1n) is 14.2. The molecule has 5 rings (SSSR count). The normalized spacial score (nSPS) is 22.8. The molecule has 0 aliphatic carbocycles. The van der Waals surface area contributed by atoms with Crippen molar-refractivity contribution in [2.45, 2.75) is 37.6 Å². The number of aliphatic hydroxyl groups excluding tert-OH is 3. The van der Waals surface area contributed by atoms with Gasteiger partial charge in [0.2, 0.25) is 17.4 Å². The Morgan fingerprint density at radius 3 is 2.48 bits per heavy atom. The third-order valence-corrected chi connectivity index (χ3v) is 7.21. The van der Waals surface area contributed by atoms with Crippen LogP contribution >= 0.6 is 0 Å². The molecule has 0 bridgehead atoms. The molecule has 0 amide bonds. The maximum Gasteiger partial charge on any atom is 0.263 e. The lowest BCUT2D eigenvalue weighted by Crippen LogP contribution is -2.59. The number of phenols is 1. The van der Waals surface area contributed by atoms with Crippen molar-refractivity contribution < 1.29 is 52.9 Å². The van der Waals surface area contributed by atoms with E-state index in [1.165, 1.54) is 12.1 Å². The molecule has 1 saturated heterocycles. The van der Waals surface area contributed by atoms with Crippen molar-refractivity contribution in [1.82, 2.24) is 9.88 Å². The molecule has 0 radical (unpaired) electrons. The fourth-order valence-corrected chi connectivity index (χ4v) is 4.79. The second kappa shape index (κ2) is 13.8. The van der Waals surface area contributed by atoms with Gasteiger partial charge in [0.25, 0.3) is 11.8 Å². The van der Waals surface area contributed by atoms with Crippen LogP contribution in [0.1, 0.15) is 18.1 Å². The Morgan fingerprint density at radius 2 is 1.80 bits per heavy atom. The van der Waals surface area contributed by atoms with Crippen molar-refractivity contribution in [2.24, 2.45) is 10.7 Å². The number of pyridine rings is 1. The van der Waals surface area contributed by atoms with Crippen molar-refractivity contribution in [3.05, 3.63) is 65.2 Å². The van der Waals surface area contributed by atoms with Crippen LogP contribution in [-0.4, -0.2) is 106 Å². The largest absolute Gasteiger partial charge is 0.504 e. The Balaban J connectivity index is 1.50. The highest BCUT2D eigenvalue weighted by molar-refractivity contribution is 6.00. The van der Waals surface area contributed by atoms with Gasteiger partial charge in [0.15, 0.2) is 17.8 Å². The van der Waals surface area contributed by atoms with Gasteiger partial charge in [-0.05, 0) is 37.3 Å². The zero-order chi connectivity index (χ0) is 33.1. The lowest BCUT2D eigenvalue weighted by atomic mass is 9.99. The van der Waals surface area contributed by atoms with Gasteiger partial charge in [-0.2, -0.15) is 13.8 Å². The number of rotatable bonds is 11. The average Bonchev–Trinajstić information content (AvgIpc) is 3.47. The highest BCUT2D eigenvalue weighted by Gasteiger charge is 2.44. The number of aromatic nitrogens is 1. The number of aliphatic hydroxyl groups is 3. The van der Waals surface area contributed by atoms with Crippen LogP contribution in [0.2, 0.25) is 0 Å². The van der Waals surface area contributed by atoms with Crippen molar-refractivity contribution >= 4 is 11.7 Å². The van der Waals surface area contributed by atoms with Gasteiger partial charge >= 0.3 is 0 Å². The molecule has 246 valence electrons. The molecule has 3 aromatic rings. The van der Waals surface area contributed by atoms with Gasteiger partial charge in [-0.15, -0.1) is 0 Å². The predicted molar refractivity (Wildman–Crippen MR) is 158 cm³/mol. The van der Waals surface area contributed by atoms with Crippen LogP contribution in [0.4, 0.5) is 8.78 Å². The molecular weight excluding hydrogens is 612 g/mol. The van der Waals surface area contributed by atoms with E-state index >= 15 is 8.78 Å². The SMILES string of the molecule is CCOC1OC(COc2c(F)c(Oc3cccc(C4=NCCN4C)c3)nc(Oc3cc(C(=N)N)ccc3O)c2F)C(O)C(O)C1O. The highest BCUT2D eigenvalue weighted by Crippen LogP contribution is 2.40. The number of amidine groups is 2. The smallest absolute Gasteiger partial charge is 0.263 e. The molecule has 1 fully saturated rings. The zero-order valence-corrected chi connectivity index (χ0v) is 24.8. The van der Waals surface area contributed by atoms with Gasteiger partial charge < -0.3 is 54.7 Å². The van der Waals surface area contributed by atoms with Crippen LogP contribution in [0.25, 0.3) is 0 Å². The molecule has 0 saturated carbocycles. The number of phenolic OH excluding ortho intramolecular Hbond substituents is 1. The van der Waals surface area contributed by atoms with E-state index < -0.39 is 72.2 Å². The Morgan fingerprint density at radius 1 is 1.07 bits per heavy atom. The summed E-state index contributed by atoms with van der Waals surface area (Å²) in [7, 11) is 1.87. The van der Waals surface area contributed by atoms with Crippen molar-refractivity contribution in [1.29, 1.82) is 5.41 Å². The number of nitrogens with zero attached hydrogens (tertiary/aromatic N) is 3. The van der Waals surface area contributed by atoms with Crippen LogP contribution in [0.5, 0.6) is 34.8 Å². The van der Waals surface area contributed by atoms with Gasteiger partial charge in [0, 0.05) is 31.3 Å². The molecule has 2 aromatic carbocycles. The summed E-state index contributed by atoms with van der Waals surface area (Å²) in [6.07, 6.45) is -7.76. The van der Waals surface area contributed by atoms with E-state index in [0.29, 0.717) is 24.5 Å². The number of nitrogens with two attached hydrogens (primary N) is 1. The Hall–Kier alpha value is -4.61. The number of nitrogens with one attached hydrogen (secondary N) is 1. The van der Waals surface area contributed by atoms with Gasteiger partial charge in [0.1, 0.15) is 48.4 Å². The quantitative estimate of drug-likeness (QED) is 0.131. The first kappa shape index (κ1) is 32.8.